The molecule has 0 aliphatic heterocycles. The van der Waals surface area contributed by atoms with Crippen molar-refractivity contribution >= 4 is 34.9 Å². The Balaban J connectivity index is 1.58. The van der Waals surface area contributed by atoms with Gasteiger partial charge in [-0.05, 0) is 17.2 Å². The fourth-order valence-electron chi connectivity index (χ4n) is 3.47. The third-order valence-electron chi connectivity index (χ3n) is 5.09. The minimum Gasteiger partial charge on any atom is -0.334 e. The van der Waals surface area contributed by atoms with Crippen LogP contribution in [0.25, 0.3) is 5.65 Å². The number of pyridine rings is 1. The summed E-state index contributed by atoms with van der Waals surface area (Å²) in [4.78, 5) is 14.7. The topological polar surface area (TPSA) is 50.5 Å². The predicted molar refractivity (Wildman–Crippen MR) is 121 cm³/mol. The van der Waals surface area contributed by atoms with Crippen LogP contribution < -0.4 is 0 Å². The number of hydrogen-bond acceptors (Lipinski definition) is 4. The van der Waals surface area contributed by atoms with E-state index in [4.69, 9.17) is 11.6 Å². The van der Waals surface area contributed by atoms with Gasteiger partial charge in [-0.2, -0.15) is 13.2 Å². The maximum Gasteiger partial charge on any atom is 0.417 e. The lowest BCUT2D eigenvalue weighted by atomic mass is 9.97. The molecule has 0 saturated carbocycles. The van der Waals surface area contributed by atoms with Gasteiger partial charge in [0.2, 0.25) is 5.91 Å². The third-order valence-corrected chi connectivity index (χ3v) is 6.30. The van der Waals surface area contributed by atoms with Crippen molar-refractivity contribution in [1.82, 2.24) is 19.5 Å². The van der Waals surface area contributed by atoms with Gasteiger partial charge in [0.05, 0.1) is 22.4 Å². The maximum absolute atomic E-state index is 13.2. The summed E-state index contributed by atoms with van der Waals surface area (Å²) in [5.74, 6) is -0.256. The van der Waals surface area contributed by atoms with Gasteiger partial charge < -0.3 is 4.90 Å². The van der Waals surface area contributed by atoms with E-state index < -0.39 is 11.7 Å². The minimum atomic E-state index is -4.57. The Bertz CT molecular complexity index is 1230. The molecule has 0 fully saturated rings. The average Bonchev–Trinajstić information content (AvgIpc) is 3.22. The summed E-state index contributed by atoms with van der Waals surface area (Å²) < 4.78 is 40.7. The van der Waals surface area contributed by atoms with Crippen LogP contribution in [0.1, 0.15) is 22.7 Å². The number of nitrogens with zero attached hydrogens (tertiary/aromatic N) is 4. The Morgan fingerprint density at radius 2 is 1.64 bits per heavy atom. The van der Waals surface area contributed by atoms with Crippen LogP contribution in [0.2, 0.25) is 5.02 Å². The van der Waals surface area contributed by atoms with Gasteiger partial charge in [-0.3, -0.25) is 9.20 Å². The molecule has 0 atom stereocenters. The number of alkyl halides is 3. The highest BCUT2D eigenvalue weighted by Crippen LogP contribution is 2.34. The zero-order valence-corrected chi connectivity index (χ0v) is 18.9. The first-order chi connectivity index (χ1) is 15.8. The molecule has 10 heteroatoms. The van der Waals surface area contributed by atoms with E-state index in [0.717, 1.165) is 39.6 Å². The van der Waals surface area contributed by atoms with Gasteiger partial charge >= 0.3 is 6.18 Å². The Hall–Kier alpha value is -3.04. The van der Waals surface area contributed by atoms with Gasteiger partial charge in [-0.25, -0.2) is 0 Å². The second-order valence-corrected chi connectivity index (χ2v) is 8.62. The SMILES string of the molecule is CN(C(=O)CSc1nnc2c(Cl)cc(C(F)(F)F)cn12)C(c1ccccc1)c1ccccc1. The summed E-state index contributed by atoms with van der Waals surface area (Å²) in [5.41, 5.74) is 1.07. The summed E-state index contributed by atoms with van der Waals surface area (Å²) in [7, 11) is 1.70. The van der Waals surface area contributed by atoms with Crippen LogP contribution >= 0.6 is 23.4 Å². The highest BCUT2D eigenvalue weighted by Gasteiger charge is 2.32. The van der Waals surface area contributed by atoms with E-state index in [2.05, 4.69) is 10.2 Å². The van der Waals surface area contributed by atoms with Crippen molar-refractivity contribution in [3.8, 4) is 0 Å². The second kappa shape index (κ2) is 9.44. The molecule has 5 nitrogen and oxygen atoms in total. The van der Waals surface area contributed by atoms with E-state index in [1.54, 1.807) is 11.9 Å². The van der Waals surface area contributed by atoms with E-state index in [-0.39, 0.29) is 33.5 Å². The lowest BCUT2D eigenvalue weighted by Gasteiger charge is -2.29. The molecule has 0 saturated heterocycles. The van der Waals surface area contributed by atoms with Crippen LogP contribution in [0.3, 0.4) is 0 Å². The summed E-state index contributed by atoms with van der Waals surface area (Å²) in [6, 6.07) is 19.7. The number of carbonyl (C=O) groups excluding carboxylic acids is 1. The van der Waals surface area contributed by atoms with Crippen LogP contribution in [0, 0.1) is 0 Å². The molecule has 2 aromatic carbocycles. The third kappa shape index (κ3) is 4.99. The number of thioether (sulfide) groups is 1. The zero-order valence-electron chi connectivity index (χ0n) is 17.3. The van der Waals surface area contributed by atoms with E-state index >= 15 is 0 Å². The Labute approximate surface area is 197 Å². The van der Waals surface area contributed by atoms with Gasteiger partial charge in [-0.1, -0.05) is 84.0 Å². The highest BCUT2D eigenvalue weighted by molar-refractivity contribution is 7.99. The van der Waals surface area contributed by atoms with Crippen molar-refractivity contribution in [3.63, 3.8) is 0 Å². The molecular formula is C23H18ClF3N4OS. The van der Waals surface area contributed by atoms with Crippen molar-refractivity contribution < 1.29 is 18.0 Å². The molecule has 0 bridgehead atoms. The monoisotopic (exact) mass is 490 g/mol. The van der Waals surface area contributed by atoms with Gasteiger partial charge in [0.25, 0.3) is 0 Å². The van der Waals surface area contributed by atoms with Crippen LogP contribution in [-0.4, -0.2) is 38.2 Å². The maximum atomic E-state index is 13.2. The second-order valence-electron chi connectivity index (χ2n) is 7.27. The van der Waals surface area contributed by atoms with Crippen LogP contribution in [-0.2, 0) is 11.0 Å². The molecule has 0 aliphatic carbocycles. The molecule has 0 unspecified atom stereocenters. The summed E-state index contributed by atoms with van der Waals surface area (Å²) in [6.45, 7) is 0. The molecule has 1 amide bonds. The van der Waals surface area contributed by atoms with Crippen molar-refractivity contribution in [3.05, 3.63) is 94.6 Å². The van der Waals surface area contributed by atoms with Crippen molar-refractivity contribution in [2.45, 2.75) is 17.4 Å². The number of fused-ring (bicyclic) bond motifs is 1. The fourth-order valence-corrected chi connectivity index (χ4v) is 4.55. The number of benzene rings is 2. The molecule has 33 heavy (non-hydrogen) atoms. The highest BCUT2D eigenvalue weighted by atomic mass is 35.5. The predicted octanol–water partition coefficient (Wildman–Crippen LogP) is 5.74. The first-order valence-electron chi connectivity index (χ1n) is 9.85. The van der Waals surface area contributed by atoms with Gasteiger partial charge in [-0.15, -0.1) is 10.2 Å². The standard InChI is InChI=1S/C23H18ClF3N4OS/c1-30(20(15-8-4-2-5-9-15)16-10-6-3-7-11-16)19(32)14-33-22-29-28-21-18(24)12-17(13-31(21)22)23(25,26)27/h2-13,20H,14H2,1H3. The van der Waals surface area contributed by atoms with Crippen molar-refractivity contribution in [2.75, 3.05) is 12.8 Å². The average molecular weight is 491 g/mol. The summed E-state index contributed by atoms with van der Waals surface area (Å²) in [6.07, 6.45) is -3.69. The largest absolute Gasteiger partial charge is 0.417 e. The van der Waals surface area contributed by atoms with Crippen molar-refractivity contribution in [2.24, 2.45) is 0 Å². The van der Waals surface area contributed by atoms with Gasteiger partial charge in [0, 0.05) is 13.2 Å². The van der Waals surface area contributed by atoms with Gasteiger partial charge in [0.1, 0.15) is 0 Å². The number of rotatable bonds is 6. The summed E-state index contributed by atoms with van der Waals surface area (Å²) in [5, 5.41) is 7.77. The van der Waals surface area contributed by atoms with E-state index in [0.29, 0.717) is 0 Å². The number of halogens is 4. The minimum absolute atomic E-state index is 0.0404. The Kier molecular flexibility index (Phi) is 6.62. The van der Waals surface area contributed by atoms with Crippen LogP contribution in [0.4, 0.5) is 13.2 Å². The van der Waals surface area contributed by atoms with Crippen LogP contribution in [0.5, 0.6) is 0 Å². The lowest BCUT2D eigenvalue weighted by Crippen LogP contribution is -2.33. The number of carbonyl (C=O) groups is 1. The molecule has 2 heterocycles. The van der Waals surface area contributed by atoms with Crippen LogP contribution in [0.15, 0.2) is 78.1 Å². The molecule has 4 aromatic rings. The van der Waals surface area contributed by atoms with Gasteiger partial charge in [0.15, 0.2) is 10.8 Å². The molecule has 0 radical (unpaired) electrons. The van der Waals surface area contributed by atoms with E-state index in [1.807, 2.05) is 60.7 Å². The van der Waals surface area contributed by atoms with Crippen molar-refractivity contribution in [1.29, 1.82) is 0 Å². The Morgan fingerprint density at radius 1 is 1.06 bits per heavy atom. The molecule has 170 valence electrons. The quantitative estimate of drug-likeness (QED) is 0.323. The zero-order chi connectivity index (χ0) is 23.6. The molecule has 2 aromatic heterocycles. The molecule has 4 rings (SSSR count). The smallest absolute Gasteiger partial charge is 0.334 e. The fraction of sp³-hybridized carbons (Fsp3) is 0.174. The number of hydrogen-bond donors (Lipinski definition) is 0. The first kappa shape index (κ1) is 23.1. The number of amides is 1. The lowest BCUT2D eigenvalue weighted by molar-refractivity contribution is -0.138. The normalized spacial score (nSPS) is 11.8. The molecule has 0 aliphatic rings. The Morgan fingerprint density at radius 3 is 2.18 bits per heavy atom. The molecular weight excluding hydrogens is 473 g/mol. The number of aromatic nitrogens is 3. The molecule has 0 N–H and O–H groups in total. The first-order valence-corrected chi connectivity index (χ1v) is 11.2. The molecule has 0 spiro atoms. The van der Waals surface area contributed by atoms with E-state index in [1.165, 1.54) is 0 Å². The van der Waals surface area contributed by atoms with E-state index in [9.17, 15) is 18.0 Å². The summed E-state index contributed by atoms with van der Waals surface area (Å²) >= 11 is 6.97.